The number of rotatable bonds is 5. The molecule has 0 aliphatic carbocycles. The molecule has 0 fully saturated rings. The Labute approximate surface area is 135 Å². The maximum atomic E-state index is 13.8. The smallest absolute Gasteiger partial charge is 0.203 e. The molecule has 0 saturated carbocycles. The monoisotopic (exact) mass is 405 g/mol. The van der Waals surface area contributed by atoms with Gasteiger partial charge in [-0.3, -0.25) is 4.79 Å². The molecule has 21 heavy (non-hydrogen) atoms. The van der Waals surface area contributed by atoms with Crippen LogP contribution in [0.2, 0.25) is 0 Å². The summed E-state index contributed by atoms with van der Waals surface area (Å²) in [4.78, 5) is 12.4. The van der Waals surface area contributed by atoms with Crippen molar-refractivity contribution in [2.24, 2.45) is 7.05 Å². The number of hydrogen-bond donors (Lipinski definition) is 1. The number of aryl methyl sites for hydroxylation is 1. The third-order valence-electron chi connectivity index (χ3n) is 3.46. The summed E-state index contributed by atoms with van der Waals surface area (Å²) >= 11 is 1.90. The van der Waals surface area contributed by atoms with E-state index in [1.807, 2.05) is 29.5 Å². The molecule has 2 rings (SSSR count). The third kappa shape index (κ3) is 3.12. The topological polar surface area (TPSA) is 51.5 Å². The normalized spacial score (nSPS) is 11.3. The van der Waals surface area contributed by atoms with E-state index in [4.69, 9.17) is 4.74 Å². The molecule has 1 aromatic carbocycles. The largest absolute Gasteiger partial charge is 0.390 e. The van der Waals surface area contributed by atoms with Crippen molar-refractivity contribution in [3.63, 3.8) is 0 Å². The summed E-state index contributed by atoms with van der Waals surface area (Å²) in [5, 5.41) is 9.82. The number of ether oxygens (including phenoxy) is 1. The first kappa shape index (κ1) is 16.4. The summed E-state index contributed by atoms with van der Waals surface area (Å²) < 4.78 is 21.3. The van der Waals surface area contributed by atoms with E-state index in [2.05, 4.69) is 0 Å². The predicted octanol–water partition coefficient (Wildman–Crippen LogP) is 2.35. The van der Waals surface area contributed by atoms with Crippen LogP contribution in [0.15, 0.2) is 16.9 Å². The highest BCUT2D eigenvalue weighted by Crippen LogP contribution is 2.22. The summed E-state index contributed by atoms with van der Waals surface area (Å²) in [5.41, 5.74) is 1.66. The third-order valence-corrected chi connectivity index (χ3v) is 4.57. The lowest BCUT2D eigenvalue weighted by Crippen LogP contribution is -2.19. The standard InChI is InChI=1S/C15H17FINO3/c1-3-21-5-4-9-6-10(16)7-11-14(9)18(2)12(8-19)13(17)15(11)20/h6-7,19H,3-5,8H2,1-2H3. The summed E-state index contributed by atoms with van der Waals surface area (Å²) in [7, 11) is 1.78. The van der Waals surface area contributed by atoms with Crippen molar-refractivity contribution >= 4 is 33.5 Å². The second-order valence-corrected chi connectivity index (χ2v) is 5.79. The van der Waals surface area contributed by atoms with Gasteiger partial charge in [0.25, 0.3) is 0 Å². The Bertz CT molecular complexity index is 727. The van der Waals surface area contributed by atoms with Crippen LogP contribution in [0.1, 0.15) is 18.2 Å². The van der Waals surface area contributed by atoms with Crippen LogP contribution in [0.5, 0.6) is 0 Å². The summed E-state index contributed by atoms with van der Waals surface area (Å²) in [6, 6.07) is 2.68. The number of fused-ring (bicyclic) bond motifs is 1. The van der Waals surface area contributed by atoms with Crippen LogP contribution in [-0.2, 0) is 24.8 Å². The van der Waals surface area contributed by atoms with Crippen molar-refractivity contribution in [3.8, 4) is 0 Å². The van der Waals surface area contributed by atoms with Crippen molar-refractivity contribution in [1.82, 2.24) is 4.57 Å². The van der Waals surface area contributed by atoms with Gasteiger partial charge >= 0.3 is 0 Å². The number of halogens is 2. The number of aromatic nitrogens is 1. The van der Waals surface area contributed by atoms with Crippen LogP contribution >= 0.6 is 22.6 Å². The second kappa shape index (κ2) is 6.85. The molecular formula is C15H17FINO3. The molecule has 0 bridgehead atoms. The Morgan fingerprint density at radius 3 is 2.76 bits per heavy atom. The molecule has 1 aromatic heterocycles. The van der Waals surface area contributed by atoms with Gasteiger partial charge in [-0.2, -0.15) is 0 Å². The highest BCUT2D eigenvalue weighted by molar-refractivity contribution is 14.1. The van der Waals surface area contributed by atoms with Crippen LogP contribution in [0.4, 0.5) is 4.39 Å². The Morgan fingerprint density at radius 1 is 1.43 bits per heavy atom. The molecule has 0 saturated heterocycles. The molecule has 0 spiro atoms. The van der Waals surface area contributed by atoms with Crippen molar-refractivity contribution < 1.29 is 14.2 Å². The highest BCUT2D eigenvalue weighted by atomic mass is 127. The molecule has 0 amide bonds. The van der Waals surface area contributed by atoms with E-state index in [9.17, 15) is 14.3 Å². The number of aliphatic hydroxyl groups is 1. The van der Waals surface area contributed by atoms with Crippen LogP contribution in [0.25, 0.3) is 10.9 Å². The predicted molar refractivity (Wildman–Crippen MR) is 88.0 cm³/mol. The minimum absolute atomic E-state index is 0.234. The quantitative estimate of drug-likeness (QED) is 0.614. The van der Waals surface area contributed by atoms with E-state index in [1.165, 1.54) is 12.1 Å². The lowest BCUT2D eigenvalue weighted by molar-refractivity contribution is 0.151. The van der Waals surface area contributed by atoms with Gasteiger partial charge in [0.2, 0.25) is 5.43 Å². The van der Waals surface area contributed by atoms with Gasteiger partial charge in [-0.05, 0) is 53.6 Å². The van der Waals surface area contributed by atoms with Crippen LogP contribution in [0.3, 0.4) is 0 Å². The van der Waals surface area contributed by atoms with E-state index in [1.54, 1.807) is 11.6 Å². The molecule has 0 atom stereocenters. The van der Waals surface area contributed by atoms with E-state index < -0.39 is 5.82 Å². The van der Waals surface area contributed by atoms with Crippen LogP contribution in [0, 0.1) is 9.39 Å². The molecule has 4 nitrogen and oxygen atoms in total. The SMILES string of the molecule is CCOCCc1cc(F)cc2c(=O)c(I)c(CO)n(C)c12. The molecule has 114 valence electrons. The molecule has 0 unspecified atom stereocenters. The van der Waals surface area contributed by atoms with Gasteiger partial charge in [-0.25, -0.2) is 4.39 Å². The fraction of sp³-hybridized carbons (Fsp3) is 0.400. The van der Waals surface area contributed by atoms with Gasteiger partial charge in [0, 0.05) is 19.0 Å². The van der Waals surface area contributed by atoms with Crippen LogP contribution < -0.4 is 5.43 Å². The number of nitrogens with zero attached hydrogens (tertiary/aromatic N) is 1. The molecule has 0 radical (unpaired) electrons. The zero-order valence-electron chi connectivity index (χ0n) is 11.9. The lowest BCUT2D eigenvalue weighted by atomic mass is 10.1. The molecular weight excluding hydrogens is 388 g/mol. The Kier molecular flexibility index (Phi) is 5.34. The summed E-state index contributed by atoms with van der Waals surface area (Å²) in [6.45, 7) is 2.71. The molecule has 2 aromatic rings. The minimum Gasteiger partial charge on any atom is -0.390 e. The van der Waals surface area contributed by atoms with E-state index in [-0.39, 0.29) is 12.0 Å². The number of pyridine rings is 1. The number of hydrogen-bond acceptors (Lipinski definition) is 3. The molecule has 0 aliphatic rings. The van der Waals surface area contributed by atoms with Crippen molar-refractivity contribution in [1.29, 1.82) is 0 Å². The van der Waals surface area contributed by atoms with E-state index in [0.717, 1.165) is 0 Å². The fourth-order valence-corrected chi connectivity index (χ4v) is 3.27. The molecule has 1 heterocycles. The average Bonchev–Trinajstić information content (AvgIpc) is 2.45. The van der Waals surface area contributed by atoms with Gasteiger partial charge in [0.15, 0.2) is 0 Å². The van der Waals surface area contributed by atoms with Gasteiger partial charge in [-0.1, -0.05) is 0 Å². The van der Waals surface area contributed by atoms with Crippen molar-refractivity contribution in [2.75, 3.05) is 13.2 Å². The highest BCUT2D eigenvalue weighted by Gasteiger charge is 2.16. The zero-order chi connectivity index (χ0) is 15.6. The number of aliphatic hydroxyl groups excluding tert-OH is 1. The van der Waals surface area contributed by atoms with E-state index in [0.29, 0.717) is 45.4 Å². The first-order valence-corrected chi connectivity index (χ1v) is 7.77. The van der Waals surface area contributed by atoms with Crippen molar-refractivity contribution in [2.45, 2.75) is 20.0 Å². The number of benzene rings is 1. The summed E-state index contributed by atoms with van der Waals surface area (Å²) in [5.74, 6) is -0.432. The first-order chi connectivity index (χ1) is 10.0. The van der Waals surface area contributed by atoms with Crippen molar-refractivity contribution in [3.05, 3.63) is 43.0 Å². The maximum Gasteiger partial charge on any atom is 0.203 e. The Hall–Kier alpha value is -0.990. The first-order valence-electron chi connectivity index (χ1n) is 6.69. The van der Waals surface area contributed by atoms with Gasteiger partial charge < -0.3 is 14.4 Å². The van der Waals surface area contributed by atoms with Gasteiger partial charge in [-0.15, -0.1) is 0 Å². The molecule has 0 aliphatic heterocycles. The Balaban J connectivity index is 2.74. The summed E-state index contributed by atoms with van der Waals surface area (Å²) in [6.07, 6.45) is 0.515. The zero-order valence-corrected chi connectivity index (χ0v) is 14.1. The van der Waals surface area contributed by atoms with Gasteiger partial charge in [0.1, 0.15) is 5.82 Å². The average molecular weight is 405 g/mol. The second-order valence-electron chi connectivity index (χ2n) is 4.71. The maximum absolute atomic E-state index is 13.8. The minimum atomic E-state index is -0.432. The fourth-order valence-electron chi connectivity index (χ4n) is 2.45. The lowest BCUT2D eigenvalue weighted by Gasteiger charge is -2.16. The Morgan fingerprint density at radius 2 is 2.14 bits per heavy atom. The van der Waals surface area contributed by atoms with Crippen LogP contribution in [-0.4, -0.2) is 22.9 Å². The molecule has 6 heteroatoms. The molecule has 1 N–H and O–H groups in total. The van der Waals surface area contributed by atoms with Gasteiger partial charge in [0.05, 0.1) is 28.0 Å². The van der Waals surface area contributed by atoms with E-state index >= 15 is 0 Å².